The van der Waals surface area contributed by atoms with E-state index in [9.17, 15) is 10.1 Å². The van der Waals surface area contributed by atoms with Crippen molar-refractivity contribution in [3.05, 3.63) is 86.7 Å². The van der Waals surface area contributed by atoms with E-state index in [4.69, 9.17) is 4.42 Å². The molecule has 0 spiro atoms. The number of anilines is 1. The zero-order valence-corrected chi connectivity index (χ0v) is 19.0. The maximum Gasteiger partial charge on any atom is 0.336 e. The number of fused-ring (bicyclic) bond motifs is 1. The molecule has 0 amide bonds. The van der Waals surface area contributed by atoms with Crippen LogP contribution in [-0.2, 0) is 6.42 Å². The van der Waals surface area contributed by atoms with Gasteiger partial charge >= 0.3 is 5.63 Å². The molecule has 0 unspecified atom stereocenters. The number of nitrogens with zero attached hydrogens (tertiary/aromatic N) is 2. The van der Waals surface area contributed by atoms with E-state index in [1.165, 1.54) is 23.0 Å². The minimum absolute atomic E-state index is 0.382. The summed E-state index contributed by atoms with van der Waals surface area (Å²) in [6, 6.07) is 17.6. The van der Waals surface area contributed by atoms with Crippen LogP contribution in [0.3, 0.4) is 0 Å². The molecule has 1 N–H and O–H groups in total. The predicted molar refractivity (Wildman–Crippen MR) is 131 cm³/mol. The fourth-order valence-corrected chi connectivity index (χ4v) is 4.32. The van der Waals surface area contributed by atoms with Gasteiger partial charge in [-0.2, -0.15) is 5.26 Å². The van der Waals surface area contributed by atoms with Crippen LogP contribution in [0, 0.1) is 24.2 Å². The van der Waals surface area contributed by atoms with E-state index >= 15 is 0 Å². The molecule has 2 aromatic carbocycles. The first-order valence-corrected chi connectivity index (χ1v) is 11.3. The molecule has 4 rings (SSSR count). The summed E-state index contributed by atoms with van der Waals surface area (Å²) in [5, 5.41) is 16.3. The van der Waals surface area contributed by atoms with E-state index in [0.29, 0.717) is 22.1 Å². The highest BCUT2D eigenvalue weighted by Crippen LogP contribution is 2.27. The zero-order valence-electron chi connectivity index (χ0n) is 18.2. The van der Waals surface area contributed by atoms with E-state index < -0.39 is 0 Å². The molecule has 4 aromatic rings. The number of rotatable bonds is 6. The summed E-state index contributed by atoms with van der Waals surface area (Å²) in [5.74, 6) is 0.616. The first kappa shape index (κ1) is 21.5. The van der Waals surface area contributed by atoms with Crippen molar-refractivity contribution < 1.29 is 4.42 Å². The standard InChI is InChI=1S/C26H23N3O2S/c1-16(2)10-18-4-6-19(7-5-18)23-15-32-26(29-23)20(13-27)14-28-21-8-9-22-17(3)11-25(30)31-24(22)12-21/h4-9,11-12,14-16,28H,10H2,1-3H3/b20-14+. The fraction of sp³-hybridized carbons (Fsp3) is 0.192. The highest BCUT2D eigenvalue weighted by molar-refractivity contribution is 7.11. The van der Waals surface area contributed by atoms with Gasteiger partial charge in [-0.25, -0.2) is 9.78 Å². The van der Waals surface area contributed by atoms with Crippen LogP contribution in [0.5, 0.6) is 0 Å². The second-order valence-electron chi connectivity index (χ2n) is 8.11. The van der Waals surface area contributed by atoms with Gasteiger partial charge in [0.25, 0.3) is 0 Å². The molecule has 0 aliphatic heterocycles. The molecule has 0 saturated carbocycles. The van der Waals surface area contributed by atoms with Crippen LogP contribution in [0.1, 0.15) is 30.0 Å². The van der Waals surface area contributed by atoms with Crippen LogP contribution in [0.2, 0.25) is 0 Å². The number of hydrogen-bond acceptors (Lipinski definition) is 6. The van der Waals surface area contributed by atoms with Crippen LogP contribution in [0.4, 0.5) is 5.69 Å². The van der Waals surface area contributed by atoms with Gasteiger partial charge in [0, 0.05) is 40.3 Å². The molecule has 0 fully saturated rings. The average molecular weight is 442 g/mol. The molecule has 32 heavy (non-hydrogen) atoms. The summed E-state index contributed by atoms with van der Waals surface area (Å²) in [7, 11) is 0. The molecule has 6 heteroatoms. The number of hydrogen-bond donors (Lipinski definition) is 1. The molecule has 0 radical (unpaired) electrons. The lowest BCUT2D eigenvalue weighted by molar-refractivity contribution is 0.560. The normalized spacial score (nSPS) is 11.7. The molecule has 0 bridgehead atoms. The van der Waals surface area contributed by atoms with Gasteiger partial charge in [-0.3, -0.25) is 0 Å². The topological polar surface area (TPSA) is 78.9 Å². The number of aryl methyl sites for hydroxylation is 1. The summed E-state index contributed by atoms with van der Waals surface area (Å²) >= 11 is 1.43. The Morgan fingerprint density at radius 2 is 2.00 bits per heavy atom. The average Bonchev–Trinajstić information content (AvgIpc) is 3.24. The minimum atomic E-state index is -0.382. The van der Waals surface area contributed by atoms with Gasteiger partial charge in [0.1, 0.15) is 22.2 Å². The fourth-order valence-electron chi connectivity index (χ4n) is 3.53. The number of nitriles is 1. The predicted octanol–water partition coefficient (Wildman–Crippen LogP) is 6.40. The van der Waals surface area contributed by atoms with Crippen LogP contribution < -0.4 is 10.9 Å². The van der Waals surface area contributed by atoms with Gasteiger partial charge in [0.15, 0.2) is 0 Å². The van der Waals surface area contributed by atoms with Crippen LogP contribution in [-0.4, -0.2) is 4.98 Å². The van der Waals surface area contributed by atoms with Crippen LogP contribution >= 0.6 is 11.3 Å². The van der Waals surface area contributed by atoms with Crippen molar-refractivity contribution >= 4 is 33.6 Å². The number of nitrogens with one attached hydrogen (secondary N) is 1. The minimum Gasteiger partial charge on any atom is -0.423 e. The molecule has 160 valence electrons. The maximum atomic E-state index is 11.6. The van der Waals surface area contributed by atoms with Crippen molar-refractivity contribution in [2.24, 2.45) is 5.92 Å². The van der Waals surface area contributed by atoms with Gasteiger partial charge < -0.3 is 9.73 Å². The van der Waals surface area contributed by atoms with Gasteiger partial charge in [-0.1, -0.05) is 38.1 Å². The Labute approximate surface area is 190 Å². The third-order valence-corrected chi connectivity index (χ3v) is 5.96. The summed E-state index contributed by atoms with van der Waals surface area (Å²) in [5.41, 5.74) is 5.33. The first-order valence-electron chi connectivity index (χ1n) is 10.4. The lowest BCUT2D eigenvalue weighted by Crippen LogP contribution is -1.98. The van der Waals surface area contributed by atoms with E-state index in [1.54, 1.807) is 12.3 Å². The molecule has 0 aliphatic carbocycles. The van der Waals surface area contributed by atoms with E-state index in [2.05, 4.69) is 54.5 Å². The third kappa shape index (κ3) is 4.79. The van der Waals surface area contributed by atoms with Crippen molar-refractivity contribution in [2.45, 2.75) is 27.2 Å². The maximum absolute atomic E-state index is 11.6. The molecule has 0 atom stereocenters. The van der Waals surface area contributed by atoms with E-state index in [0.717, 1.165) is 34.3 Å². The van der Waals surface area contributed by atoms with Crippen molar-refractivity contribution in [1.29, 1.82) is 5.26 Å². The van der Waals surface area contributed by atoms with Gasteiger partial charge in [-0.05, 0) is 42.5 Å². The summed E-state index contributed by atoms with van der Waals surface area (Å²) in [6.45, 7) is 6.29. The largest absolute Gasteiger partial charge is 0.423 e. The molecule has 2 aromatic heterocycles. The summed E-state index contributed by atoms with van der Waals surface area (Å²) < 4.78 is 5.29. The van der Waals surface area contributed by atoms with Crippen molar-refractivity contribution in [2.75, 3.05) is 5.32 Å². The molecule has 0 saturated heterocycles. The SMILES string of the molecule is Cc1cc(=O)oc2cc(N/C=C(\C#N)c3nc(-c4ccc(CC(C)C)cc4)cs3)ccc12. The zero-order chi connectivity index (χ0) is 22.7. The first-order chi connectivity index (χ1) is 15.4. The highest BCUT2D eigenvalue weighted by Gasteiger charge is 2.10. The van der Waals surface area contributed by atoms with Gasteiger partial charge in [0.05, 0.1) is 5.69 Å². The molecule has 5 nitrogen and oxygen atoms in total. The van der Waals surface area contributed by atoms with Crippen LogP contribution in [0.15, 0.2) is 69.3 Å². The van der Waals surface area contributed by atoms with Gasteiger partial charge in [-0.15, -0.1) is 11.3 Å². The Kier molecular flexibility index (Phi) is 6.20. The van der Waals surface area contributed by atoms with E-state index in [-0.39, 0.29) is 5.63 Å². The Morgan fingerprint density at radius 1 is 1.22 bits per heavy atom. The van der Waals surface area contributed by atoms with Crippen molar-refractivity contribution in [3.8, 4) is 17.3 Å². The van der Waals surface area contributed by atoms with E-state index in [1.807, 2.05) is 24.4 Å². The van der Waals surface area contributed by atoms with Gasteiger partial charge in [0.2, 0.25) is 0 Å². The Bertz CT molecular complexity index is 1390. The summed E-state index contributed by atoms with van der Waals surface area (Å²) in [4.78, 5) is 16.3. The number of thiazole rings is 1. The Balaban J connectivity index is 1.54. The second kappa shape index (κ2) is 9.21. The molecule has 0 aliphatic rings. The van der Waals surface area contributed by atoms with Crippen molar-refractivity contribution in [3.63, 3.8) is 0 Å². The Morgan fingerprint density at radius 3 is 2.72 bits per heavy atom. The second-order valence-corrected chi connectivity index (χ2v) is 8.96. The Hall–Kier alpha value is -3.69. The quantitative estimate of drug-likeness (QED) is 0.277. The molecule has 2 heterocycles. The molecular weight excluding hydrogens is 418 g/mol. The number of aromatic nitrogens is 1. The van der Waals surface area contributed by atoms with Crippen LogP contribution in [0.25, 0.3) is 27.8 Å². The number of allylic oxidation sites excluding steroid dienone is 1. The lowest BCUT2D eigenvalue weighted by atomic mass is 10.0. The highest BCUT2D eigenvalue weighted by atomic mass is 32.1. The molecular formula is C26H23N3O2S. The van der Waals surface area contributed by atoms with Crippen molar-refractivity contribution in [1.82, 2.24) is 4.98 Å². The summed E-state index contributed by atoms with van der Waals surface area (Å²) in [6.07, 6.45) is 2.68. The third-order valence-electron chi connectivity index (χ3n) is 5.08. The number of benzene rings is 2. The smallest absolute Gasteiger partial charge is 0.336 e. The lowest BCUT2D eigenvalue weighted by Gasteiger charge is -2.05. The monoisotopic (exact) mass is 441 g/mol.